The molecule has 0 unspecified atom stereocenters. The molecule has 0 radical (unpaired) electrons. The average molecular weight is 514 g/mol. The van der Waals surface area contributed by atoms with Gasteiger partial charge in [0.25, 0.3) is 0 Å². The van der Waals surface area contributed by atoms with Gasteiger partial charge in [0, 0.05) is 25.7 Å². The molecule has 1 aliphatic carbocycles. The molecule has 1 saturated carbocycles. The van der Waals surface area contributed by atoms with Crippen molar-refractivity contribution in [2.24, 2.45) is 11.8 Å². The van der Waals surface area contributed by atoms with Crippen molar-refractivity contribution >= 4 is 21.8 Å². The predicted octanol–water partition coefficient (Wildman–Crippen LogP) is 3.31. The fraction of sp³-hybridized carbons (Fsp3) is 0.481. The third-order valence-electron chi connectivity index (χ3n) is 6.71. The quantitative estimate of drug-likeness (QED) is 0.195. The number of amides is 1. The van der Waals surface area contributed by atoms with Crippen LogP contribution in [0.2, 0.25) is 0 Å². The zero-order valence-corrected chi connectivity index (χ0v) is 22.5. The number of amidine groups is 1. The Labute approximate surface area is 215 Å². The second-order valence-corrected chi connectivity index (χ2v) is 11.9. The molecule has 1 aliphatic rings. The Hall–Kier alpha value is -2.75. The van der Waals surface area contributed by atoms with Crippen LogP contribution in [0, 0.1) is 11.3 Å². The van der Waals surface area contributed by atoms with Gasteiger partial charge in [0.2, 0.25) is 15.9 Å². The summed E-state index contributed by atoms with van der Waals surface area (Å²) in [5, 5.41) is 9.25. The first-order valence-corrected chi connectivity index (χ1v) is 14.0. The van der Waals surface area contributed by atoms with Gasteiger partial charge in [-0.3, -0.25) is 15.2 Å². The van der Waals surface area contributed by atoms with E-state index in [2.05, 4.69) is 18.6 Å². The number of sulfonamides is 1. The summed E-state index contributed by atoms with van der Waals surface area (Å²) in [6, 6.07) is 13.2. The molecule has 0 saturated heterocycles. The fourth-order valence-electron chi connectivity index (χ4n) is 4.67. The lowest BCUT2D eigenvalue weighted by atomic mass is 10.0. The van der Waals surface area contributed by atoms with Crippen molar-refractivity contribution in [2.45, 2.75) is 69.4 Å². The van der Waals surface area contributed by atoms with Crippen LogP contribution in [0.4, 0.5) is 0 Å². The highest BCUT2D eigenvalue weighted by molar-refractivity contribution is 7.89. The summed E-state index contributed by atoms with van der Waals surface area (Å²) in [6.07, 6.45) is 5.08. The SMILES string of the molecule is CC(C)Cc1ccc(S(=O)(=O)N[C@@H](Cc2ccc(C(=N)N(C)N)cc2)C(=O)N(C)C2CCCC2)cc1. The normalized spacial score (nSPS) is 15.2. The number of hydrazine groups is 1. The van der Waals surface area contributed by atoms with Crippen LogP contribution in [0.5, 0.6) is 0 Å². The maximum Gasteiger partial charge on any atom is 0.241 e. The number of likely N-dealkylation sites (N-methyl/N-ethyl adjacent to an activating group) is 1. The monoisotopic (exact) mass is 513 g/mol. The maximum absolute atomic E-state index is 13.5. The topological polar surface area (TPSA) is 120 Å². The highest BCUT2D eigenvalue weighted by Crippen LogP contribution is 2.24. The molecule has 4 N–H and O–H groups in total. The molecule has 0 aliphatic heterocycles. The zero-order valence-electron chi connectivity index (χ0n) is 21.7. The van der Waals surface area contributed by atoms with Gasteiger partial charge in [-0.25, -0.2) is 14.3 Å². The molecule has 9 heteroatoms. The molecule has 2 aromatic rings. The highest BCUT2D eigenvalue weighted by Gasteiger charge is 2.32. The second-order valence-electron chi connectivity index (χ2n) is 10.2. The third-order valence-corrected chi connectivity index (χ3v) is 8.20. The first-order valence-electron chi connectivity index (χ1n) is 12.5. The van der Waals surface area contributed by atoms with E-state index < -0.39 is 16.1 Å². The number of rotatable bonds is 10. The molecule has 1 atom stereocenters. The first kappa shape index (κ1) is 27.8. The van der Waals surface area contributed by atoms with Crippen LogP contribution in [0.25, 0.3) is 0 Å². The molecule has 1 amide bonds. The summed E-state index contributed by atoms with van der Waals surface area (Å²) >= 11 is 0. The Morgan fingerprint density at radius 1 is 1.00 bits per heavy atom. The Morgan fingerprint density at radius 2 is 1.53 bits per heavy atom. The van der Waals surface area contributed by atoms with Crippen LogP contribution in [0.3, 0.4) is 0 Å². The predicted molar refractivity (Wildman–Crippen MR) is 143 cm³/mol. The summed E-state index contributed by atoms with van der Waals surface area (Å²) in [5.74, 6) is 6.06. The van der Waals surface area contributed by atoms with Gasteiger partial charge >= 0.3 is 0 Å². The highest BCUT2D eigenvalue weighted by atomic mass is 32.2. The number of benzene rings is 2. The van der Waals surface area contributed by atoms with Crippen molar-refractivity contribution in [1.82, 2.24) is 14.6 Å². The second kappa shape index (κ2) is 12.0. The molecule has 2 aromatic carbocycles. The molecular formula is C27H39N5O3S. The van der Waals surface area contributed by atoms with Gasteiger partial charge in [-0.05, 0) is 54.9 Å². The standard InChI is InChI=1S/C27H39N5O3S/c1-19(2)17-20-11-15-24(16-12-20)36(34,35)30-25(27(33)31(3)23-7-5-6-8-23)18-21-9-13-22(14-10-21)26(28)32(4)29/h9-16,19,23,25,28,30H,5-8,17-18,29H2,1-4H3/t25-/m0/s1. The van der Waals surface area contributed by atoms with E-state index in [9.17, 15) is 13.2 Å². The minimum atomic E-state index is -3.91. The lowest BCUT2D eigenvalue weighted by Gasteiger charge is -2.29. The van der Waals surface area contributed by atoms with Crippen molar-refractivity contribution in [3.8, 4) is 0 Å². The summed E-state index contributed by atoms with van der Waals surface area (Å²) in [6.45, 7) is 4.24. The Kier molecular flexibility index (Phi) is 9.27. The molecule has 0 aromatic heterocycles. The van der Waals surface area contributed by atoms with Crippen LogP contribution >= 0.6 is 0 Å². The van der Waals surface area contributed by atoms with Gasteiger partial charge < -0.3 is 4.90 Å². The molecule has 0 bridgehead atoms. The molecule has 1 fully saturated rings. The van der Waals surface area contributed by atoms with Crippen molar-refractivity contribution in [1.29, 1.82) is 5.41 Å². The van der Waals surface area contributed by atoms with Gasteiger partial charge in [0.05, 0.1) is 4.90 Å². The van der Waals surface area contributed by atoms with Crippen LogP contribution in [-0.2, 0) is 27.7 Å². The third kappa shape index (κ3) is 7.15. The molecule has 8 nitrogen and oxygen atoms in total. The summed E-state index contributed by atoms with van der Waals surface area (Å²) < 4.78 is 29.3. The van der Waals surface area contributed by atoms with Crippen LogP contribution in [-0.4, -0.2) is 56.2 Å². The van der Waals surface area contributed by atoms with Crippen molar-refractivity contribution in [2.75, 3.05) is 14.1 Å². The number of nitrogens with zero attached hydrogens (tertiary/aromatic N) is 2. The minimum absolute atomic E-state index is 0.128. The van der Waals surface area contributed by atoms with E-state index in [-0.39, 0.29) is 29.1 Å². The van der Waals surface area contributed by atoms with E-state index in [1.807, 2.05) is 12.1 Å². The van der Waals surface area contributed by atoms with Crippen molar-refractivity contribution < 1.29 is 13.2 Å². The zero-order chi connectivity index (χ0) is 26.5. The van der Waals surface area contributed by atoms with Gasteiger partial charge in [-0.15, -0.1) is 0 Å². The molecule has 0 spiro atoms. The Bertz CT molecular complexity index is 1140. The number of nitrogens with one attached hydrogen (secondary N) is 2. The van der Waals surface area contributed by atoms with Gasteiger partial charge in [-0.1, -0.05) is 63.1 Å². The van der Waals surface area contributed by atoms with E-state index >= 15 is 0 Å². The van der Waals surface area contributed by atoms with Crippen LogP contribution < -0.4 is 10.6 Å². The van der Waals surface area contributed by atoms with Gasteiger partial charge in [0.1, 0.15) is 11.9 Å². The number of carbonyl (C=O) groups is 1. The van der Waals surface area contributed by atoms with Gasteiger partial charge in [0.15, 0.2) is 0 Å². The first-order chi connectivity index (χ1) is 17.0. The smallest absolute Gasteiger partial charge is 0.241 e. The van der Waals surface area contributed by atoms with E-state index in [0.717, 1.165) is 43.2 Å². The number of nitrogens with two attached hydrogens (primary N) is 1. The Balaban J connectivity index is 1.84. The molecule has 196 valence electrons. The molecule has 0 heterocycles. The van der Waals surface area contributed by atoms with E-state index in [0.29, 0.717) is 11.5 Å². The average Bonchev–Trinajstić information content (AvgIpc) is 3.37. The van der Waals surface area contributed by atoms with Crippen molar-refractivity contribution in [3.05, 3.63) is 65.2 Å². The van der Waals surface area contributed by atoms with Crippen LogP contribution in [0.1, 0.15) is 56.2 Å². The molecule has 36 heavy (non-hydrogen) atoms. The van der Waals surface area contributed by atoms with Crippen molar-refractivity contribution in [3.63, 3.8) is 0 Å². The lowest BCUT2D eigenvalue weighted by Crippen LogP contribution is -2.50. The van der Waals surface area contributed by atoms with E-state index in [1.54, 1.807) is 55.4 Å². The summed E-state index contributed by atoms with van der Waals surface area (Å²) in [7, 11) is -0.558. The Morgan fingerprint density at radius 3 is 2.06 bits per heavy atom. The fourth-order valence-corrected chi connectivity index (χ4v) is 5.86. The summed E-state index contributed by atoms with van der Waals surface area (Å²) in [5.41, 5.74) is 2.50. The number of carbonyl (C=O) groups excluding carboxylic acids is 1. The lowest BCUT2D eigenvalue weighted by molar-refractivity contribution is -0.133. The van der Waals surface area contributed by atoms with Crippen LogP contribution in [0.15, 0.2) is 53.4 Å². The minimum Gasteiger partial charge on any atom is -0.341 e. The number of hydrogen-bond acceptors (Lipinski definition) is 5. The molecular weight excluding hydrogens is 474 g/mol. The van der Waals surface area contributed by atoms with E-state index in [4.69, 9.17) is 11.3 Å². The summed E-state index contributed by atoms with van der Waals surface area (Å²) in [4.78, 5) is 15.4. The molecule has 3 rings (SSSR count). The van der Waals surface area contributed by atoms with Gasteiger partial charge in [-0.2, -0.15) is 4.72 Å². The maximum atomic E-state index is 13.5. The van der Waals surface area contributed by atoms with E-state index in [1.165, 1.54) is 5.01 Å². The number of hydrogen-bond donors (Lipinski definition) is 3. The largest absolute Gasteiger partial charge is 0.341 e.